The van der Waals surface area contributed by atoms with Crippen LogP contribution in [0, 0.1) is 17.3 Å². The third-order valence-corrected chi connectivity index (χ3v) is 8.55. The number of nitrogens with one attached hydrogen (secondary N) is 1. The number of anilines is 1. The van der Waals surface area contributed by atoms with Crippen molar-refractivity contribution < 1.29 is 17.8 Å². The smallest absolute Gasteiger partial charge is 0.339 e. The molecule has 4 rings (SSSR count). The van der Waals surface area contributed by atoms with Crippen molar-refractivity contribution in [3.8, 4) is 0 Å². The normalized spacial score (nSPS) is 28.9. The quantitative estimate of drug-likeness (QED) is 0.564. The predicted molar refractivity (Wildman–Crippen MR) is 127 cm³/mol. The first-order chi connectivity index (χ1) is 15.2. The molecular formula is C25H36N2O4S. The van der Waals surface area contributed by atoms with Gasteiger partial charge in [-0.05, 0) is 86.0 Å². The van der Waals surface area contributed by atoms with Crippen LogP contribution >= 0.6 is 0 Å². The van der Waals surface area contributed by atoms with Gasteiger partial charge in [-0.2, -0.15) is 8.42 Å². The summed E-state index contributed by atoms with van der Waals surface area (Å²) in [6.45, 7) is 8.22. The van der Waals surface area contributed by atoms with E-state index in [4.69, 9.17) is 4.55 Å². The molecule has 0 saturated heterocycles. The van der Waals surface area contributed by atoms with Gasteiger partial charge in [0.2, 0.25) is 5.91 Å². The third-order valence-electron chi connectivity index (χ3n) is 8.06. The van der Waals surface area contributed by atoms with Crippen LogP contribution < -0.4 is 4.72 Å². The summed E-state index contributed by atoms with van der Waals surface area (Å²) in [6.07, 6.45) is 9.17. The van der Waals surface area contributed by atoms with Gasteiger partial charge < -0.3 is 4.90 Å². The van der Waals surface area contributed by atoms with Crippen LogP contribution in [0.5, 0.6) is 0 Å². The molecule has 0 radical (unpaired) electrons. The van der Waals surface area contributed by atoms with Gasteiger partial charge in [0.15, 0.2) is 0 Å². The summed E-state index contributed by atoms with van der Waals surface area (Å²) in [4.78, 5) is 15.5. The number of allylic oxidation sites excluding steroid dienone is 1. The van der Waals surface area contributed by atoms with E-state index in [1.165, 1.54) is 11.1 Å². The second kappa shape index (κ2) is 8.82. The van der Waals surface area contributed by atoms with Gasteiger partial charge in [-0.3, -0.25) is 14.1 Å². The molecule has 176 valence electrons. The molecule has 0 bridgehead atoms. The van der Waals surface area contributed by atoms with Crippen molar-refractivity contribution in [3.05, 3.63) is 41.0 Å². The summed E-state index contributed by atoms with van der Waals surface area (Å²) in [5.41, 5.74) is 3.88. The highest BCUT2D eigenvalue weighted by Crippen LogP contribution is 2.61. The van der Waals surface area contributed by atoms with Gasteiger partial charge in [-0.15, -0.1) is 0 Å². The summed E-state index contributed by atoms with van der Waals surface area (Å²) in [6, 6.07) is 5.64. The topological polar surface area (TPSA) is 86.7 Å². The van der Waals surface area contributed by atoms with E-state index in [1.54, 1.807) is 6.07 Å². The van der Waals surface area contributed by atoms with Crippen molar-refractivity contribution >= 4 is 21.9 Å². The zero-order valence-corrected chi connectivity index (χ0v) is 20.2. The summed E-state index contributed by atoms with van der Waals surface area (Å²) in [7, 11) is -4.27. The van der Waals surface area contributed by atoms with Gasteiger partial charge in [0.25, 0.3) is 0 Å². The summed E-state index contributed by atoms with van der Waals surface area (Å²) in [5.74, 6) is 1.71. The van der Waals surface area contributed by atoms with E-state index in [2.05, 4.69) is 31.6 Å². The number of carbonyl (C=O) groups excluding carboxylic acids is 1. The maximum atomic E-state index is 13.5. The molecule has 7 heteroatoms. The fourth-order valence-electron chi connectivity index (χ4n) is 6.72. The number of amides is 1. The minimum absolute atomic E-state index is 0.0536. The highest BCUT2D eigenvalue weighted by molar-refractivity contribution is 7.87. The van der Waals surface area contributed by atoms with E-state index in [9.17, 15) is 13.2 Å². The van der Waals surface area contributed by atoms with Crippen molar-refractivity contribution in [1.82, 2.24) is 4.90 Å². The number of carbonyl (C=O) groups is 1. The molecule has 0 spiro atoms. The van der Waals surface area contributed by atoms with Gasteiger partial charge in [0, 0.05) is 24.1 Å². The maximum Gasteiger partial charge on any atom is 0.357 e. The molecule has 0 aromatic heterocycles. The van der Waals surface area contributed by atoms with E-state index >= 15 is 0 Å². The number of hydrogen-bond acceptors (Lipinski definition) is 3. The SMILES string of the molecule is CCCN(CCC)C(=O)C1=CCC2C3CCc4cc(NS(=O)(=O)O)ccc4C3CCC12C. The number of aryl methyl sites for hydroxylation is 1. The van der Waals surface area contributed by atoms with E-state index in [0.29, 0.717) is 23.4 Å². The molecule has 1 aromatic rings. The molecule has 0 heterocycles. The zero-order chi connectivity index (χ0) is 23.1. The van der Waals surface area contributed by atoms with Crippen molar-refractivity contribution in [3.63, 3.8) is 0 Å². The fraction of sp³-hybridized carbons (Fsp3) is 0.640. The van der Waals surface area contributed by atoms with Gasteiger partial charge in [0.05, 0.1) is 5.69 Å². The van der Waals surface area contributed by atoms with Crippen molar-refractivity contribution in [2.45, 2.75) is 71.6 Å². The van der Waals surface area contributed by atoms with Gasteiger partial charge in [-0.25, -0.2) is 0 Å². The van der Waals surface area contributed by atoms with Crippen LogP contribution in [0.4, 0.5) is 5.69 Å². The van der Waals surface area contributed by atoms with E-state index in [-0.39, 0.29) is 11.3 Å². The third kappa shape index (κ3) is 4.21. The van der Waals surface area contributed by atoms with Crippen LogP contribution in [0.15, 0.2) is 29.8 Å². The largest absolute Gasteiger partial charge is 0.357 e. The van der Waals surface area contributed by atoms with E-state index in [1.807, 2.05) is 17.0 Å². The molecule has 32 heavy (non-hydrogen) atoms. The van der Waals surface area contributed by atoms with Crippen LogP contribution in [-0.4, -0.2) is 36.9 Å². The lowest BCUT2D eigenvalue weighted by atomic mass is 9.54. The lowest BCUT2D eigenvalue weighted by molar-refractivity contribution is -0.129. The summed E-state index contributed by atoms with van der Waals surface area (Å²) >= 11 is 0. The number of hydrogen-bond donors (Lipinski definition) is 2. The Balaban J connectivity index is 1.55. The van der Waals surface area contributed by atoms with Gasteiger partial charge >= 0.3 is 10.3 Å². The molecule has 1 amide bonds. The number of fused-ring (bicyclic) bond motifs is 5. The summed E-state index contributed by atoms with van der Waals surface area (Å²) < 4.78 is 33.6. The Morgan fingerprint density at radius 3 is 2.59 bits per heavy atom. The van der Waals surface area contributed by atoms with Gasteiger partial charge in [0.1, 0.15) is 0 Å². The predicted octanol–water partition coefficient (Wildman–Crippen LogP) is 4.94. The zero-order valence-electron chi connectivity index (χ0n) is 19.4. The molecule has 1 aromatic carbocycles. The van der Waals surface area contributed by atoms with E-state index < -0.39 is 10.3 Å². The molecule has 3 aliphatic rings. The first-order valence-electron chi connectivity index (χ1n) is 12.1. The minimum Gasteiger partial charge on any atom is -0.339 e. The highest BCUT2D eigenvalue weighted by Gasteiger charge is 2.53. The second-order valence-electron chi connectivity index (χ2n) is 10.0. The van der Waals surface area contributed by atoms with Crippen LogP contribution in [0.3, 0.4) is 0 Å². The average Bonchev–Trinajstić information content (AvgIpc) is 3.08. The maximum absolute atomic E-state index is 13.5. The molecule has 4 unspecified atom stereocenters. The Morgan fingerprint density at radius 2 is 1.94 bits per heavy atom. The molecular weight excluding hydrogens is 424 g/mol. The molecule has 2 N–H and O–H groups in total. The van der Waals surface area contributed by atoms with E-state index in [0.717, 1.165) is 63.6 Å². The number of rotatable bonds is 7. The van der Waals surface area contributed by atoms with Crippen molar-refractivity contribution in [1.29, 1.82) is 0 Å². The van der Waals surface area contributed by atoms with Crippen molar-refractivity contribution in [2.75, 3.05) is 17.8 Å². The van der Waals surface area contributed by atoms with Crippen LogP contribution in [-0.2, 0) is 21.5 Å². The first-order valence-corrected chi connectivity index (χ1v) is 13.5. The molecule has 1 saturated carbocycles. The summed E-state index contributed by atoms with van der Waals surface area (Å²) in [5, 5.41) is 0. The Morgan fingerprint density at radius 1 is 1.22 bits per heavy atom. The van der Waals surface area contributed by atoms with Crippen LogP contribution in [0.1, 0.15) is 76.3 Å². The average molecular weight is 461 g/mol. The van der Waals surface area contributed by atoms with Gasteiger partial charge in [-0.1, -0.05) is 32.9 Å². The lowest BCUT2D eigenvalue weighted by Gasteiger charge is -2.50. The lowest BCUT2D eigenvalue weighted by Crippen LogP contribution is -2.45. The second-order valence-corrected chi connectivity index (χ2v) is 11.2. The molecule has 1 fully saturated rings. The minimum atomic E-state index is -4.27. The molecule has 3 aliphatic carbocycles. The monoisotopic (exact) mass is 460 g/mol. The molecule has 0 aliphatic heterocycles. The Kier molecular flexibility index (Phi) is 6.43. The fourth-order valence-corrected chi connectivity index (χ4v) is 7.14. The first kappa shape index (κ1) is 23.3. The standard InChI is InChI=1S/C25H36N2O4S/c1-4-14-27(15-5-2)24(28)23-11-10-22-21-8-6-17-16-18(26-32(29,30)31)7-9-19(17)20(21)12-13-25(22,23)3/h7,9,11,16,20-22,26H,4-6,8,10,12-15H2,1-3H3,(H,29,30,31). The molecule has 4 atom stereocenters. The van der Waals surface area contributed by atoms with Crippen LogP contribution in [0.25, 0.3) is 0 Å². The Bertz CT molecular complexity index is 1010. The Hall–Kier alpha value is -1.86. The molecule has 6 nitrogen and oxygen atoms in total. The van der Waals surface area contributed by atoms with Crippen LogP contribution in [0.2, 0.25) is 0 Å². The number of benzene rings is 1. The highest BCUT2D eigenvalue weighted by atomic mass is 32.2. The van der Waals surface area contributed by atoms with Crippen molar-refractivity contribution in [2.24, 2.45) is 17.3 Å². The number of nitrogens with zero attached hydrogens (tertiary/aromatic N) is 1. The Labute approximate surface area is 192 Å².